The van der Waals surface area contributed by atoms with Gasteiger partial charge in [-0.25, -0.2) is 0 Å². The first-order valence-corrected chi connectivity index (χ1v) is 8.29. The van der Waals surface area contributed by atoms with E-state index >= 15 is 0 Å². The fourth-order valence-electron chi connectivity index (χ4n) is 4.06. The zero-order valence-electron chi connectivity index (χ0n) is 14.0. The van der Waals surface area contributed by atoms with Gasteiger partial charge in [0.25, 0.3) is 0 Å². The molecule has 1 aromatic carbocycles. The molecular formula is C19H23NO4. The number of hydrogen-bond donors (Lipinski definition) is 1. The third-order valence-electron chi connectivity index (χ3n) is 5.17. The van der Waals surface area contributed by atoms with Crippen molar-refractivity contribution in [2.24, 2.45) is 17.8 Å². The fourth-order valence-corrected chi connectivity index (χ4v) is 4.06. The molecule has 4 unspecified atom stereocenters. The molecule has 0 saturated carbocycles. The van der Waals surface area contributed by atoms with Crippen molar-refractivity contribution in [2.45, 2.75) is 12.3 Å². The molecule has 1 fully saturated rings. The van der Waals surface area contributed by atoms with Crippen molar-refractivity contribution in [1.29, 1.82) is 0 Å². The van der Waals surface area contributed by atoms with Crippen molar-refractivity contribution >= 4 is 11.9 Å². The normalized spacial score (nSPS) is 29.2. The van der Waals surface area contributed by atoms with Gasteiger partial charge in [-0.3, -0.25) is 9.59 Å². The molecule has 2 aliphatic rings. The van der Waals surface area contributed by atoms with Crippen LogP contribution in [-0.2, 0) is 19.1 Å². The number of fused-ring (bicyclic) bond motifs is 1. The molecule has 1 aliphatic carbocycles. The van der Waals surface area contributed by atoms with E-state index in [0.29, 0.717) is 0 Å². The number of nitrogens with one attached hydrogen (secondary N) is 1. The van der Waals surface area contributed by atoms with E-state index in [1.807, 2.05) is 30.3 Å². The van der Waals surface area contributed by atoms with Gasteiger partial charge in [0.1, 0.15) is 0 Å². The van der Waals surface area contributed by atoms with E-state index in [1.165, 1.54) is 19.8 Å². The number of methoxy groups -OCH3 is 2. The highest BCUT2D eigenvalue weighted by Gasteiger charge is 2.49. The van der Waals surface area contributed by atoms with Crippen molar-refractivity contribution in [3.05, 3.63) is 47.5 Å². The lowest BCUT2D eigenvalue weighted by Crippen LogP contribution is -2.47. The van der Waals surface area contributed by atoms with Gasteiger partial charge in [-0.15, -0.1) is 0 Å². The van der Waals surface area contributed by atoms with Gasteiger partial charge < -0.3 is 14.8 Å². The molecule has 1 N–H and O–H groups in total. The maximum absolute atomic E-state index is 12.6. The van der Waals surface area contributed by atoms with Gasteiger partial charge in [-0.05, 0) is 24.4 Å². The standard InChI is InChI=1S/C19H23NO4/c1-23-18(21)16-14-8-9-20-11-13(14)10-15(17(16)19(22)24-2)12-6-4-3-5-7-12/h3-7,10,14-17,20H,8-9,11H2,1-2H3. The van der Waals surface area contributed by atoms with Crippen LogP contribution >= 0.6 is 0 Å². The van der Waals surface area contributed by atoms with Crippen molar-refractivity contribution in [2.75, 3.05) is 27.3 Å². The zero-order valence-corrected chi connectivity index (χ0v) is 14.0. The smallest absolute Gasteiger partial charge is 0.310 e. The first-order chi connectivity index (χ1) is 11.7. The summed E-state index contributed by atoms with van der Waals surface area (Å²) in [5.74, 6) is -1.90. The Labute approximate surface area is 142 Å². The lowest BCUT2D eigenvalue weighted by Gasteiger charge is -2.42. The van der Waals surface area contributed by atoms with E-state index in [2.05, 4.69) is 11.4 Å². The van der Waals surface area contributed by atoms with Gasteiger partial charge >= 0.3 is 11.9 Å². The predicted molar refractivity (Wildman–Crippen MR) is 89.3 cm³/mol. The summed E-state index contributed by atoms with van der Waals surface area (Å²) >= 11 is 0. The molecule has 0 bridgehead atoms. The molecule has 1 saturated heterocycles. The van der Waals surface area contributed by atoms with E-state index in [-0.39, 0.29) is 23.8 Å². The summed E-state index contributed by atoms with van der Waals surface area (Å²) in [5, 5.41) is 3.35. The zero-order chi connectivity index (χ0) is 17.1. The summed E-state index contributed by atoms with van der Waals surface area (Å²) in [6.07, 6.45) is 2.97. The number of piperidine rings is 1. The highest BCUT2D eigenvalue weighted by Crippen LogP contribution is 2.46. The third-order valence-corrected chi connectivity index (χ3v) is 5.17. The second-order valence-corrected chi connectivity index (χ2v) is 6.35. The molecule has 0 spiro atoms. The second-order valence-electron chi connectivity index (χ2n) is 6.35. The minimum Gasteiger partial charge on any atom is -0.469 e. The van der Waals surface area contributed by atoms with Crippen molar-refractivity contribution in [1.82, 2.24) is 5.32 Å². The molecule has 1 heterocycles. The Balaban J connectivity index is 2.10. The van der Waals surface area contributed by atoms with Crippen molar-refractivity contribution in [3.8, 4) is 0 Å². The number of carbonyl (C=O) groups excluding carboxylic acids is 2. The van der Waals surface area contributed by atoms with Crippen LogP contribution in [0.5, 0.6) is 0 Å². The predicted octanol–water partition coefficient (Wildman–Crippen LogP) is 1.90. The van der Waals surface area contributed by atoms with Crippen LogP contribution in [0.1, 0.15) is 17.9 Å². The average molecular weight is 329 g/mol. The molecule has 4 atom stereocenters. The Hall–Kier alpha value is -2.14. The quantitative estimate of drug-likeness (QED) is 0.678. The fraction of sp³-hybridized carbons (Fsp3) is 0.474. The molecule has 24 heavy (non-hydrogen) atoms. The van der Waals surface area contributed by atoms with Gasteiger partial charge in [0.2, 0.25) is 0 Å². The molecule has 1 aliphatic heterocycles. The minimum atomic E-state index is -0.559. The number of benzene rings is 1. The van der Waals surface area contributed by atoms with Crippen LogP contribution in [0.4, 0.5) is 0 Å². The summed E-state index contributed by atoms with van der Waals surface area (Å²) in [7, 11) is 2.76. The average Bonchev–Trinajstić information content (AvgIpc) is 2.65. The van der Waals surface area contributed by atoms with Gasteiger partial charge in [0, 0.05) is 12.5 Å². The lowest BCUT2D eigenvalue weighted by atomic mass is 9.63. The largest absolute Gasteiger partial charge is 0.469 e. The number of allylic oxidation sites excluding steroid dienone is 1. The van der Waals surface area contributed by atoms with Gasteiger partial charge in [-0.2, -0.15) is 0 Å². The molecule has 0 radical (unpaired) electrons. The highest BCUT2D eigenvalue weighted by molar-refractivity contribution is 5.84. The summed E-state index contributed by atoms with van der Waals surface area (Å²) < 4.78 is 10.1. The maximum atomic E-state index is 12.6. The molecule has 5 nitrogen and oxygen atoms in total. The number of esters is 2. The Kier molecular flexibility index (Phi) is 5.00. The first-order valence-electron chi connectivity index (χ1n) is 8.29. The number of ether oxygens (including phenoxy) is 2. The monoisotopic (exact) mass is 329 g/mol. The molecule has 1 aromatic rings. The molecular weight excluding hydrogens is 306 g/mol. The van der Waals surface area contributed by atoms with Crippen molar-refractivity contribution < 1.29 is 19.1 Å². The van der Waals surface area contributed by atoms with Crippen LogP contribution in [0.25, 0.3) is 0 Å². The second kappa shape index (κ2) is 7.18. The van der Waals surface area contributed by atoms with E-state index in [1.54, 1.807) is 0 Å². The summed E-state index contributed by atoms with van der Waals surface area (Å²) in [5.41, 5.74) is 2.20. The van der Waals surface area contributed by atoms with E-state index in [0.717, 1.165) is 25.1 Å². The van der Waals surface area contributed by atoms with Crippen LogP contribution in [-0.4, -0.2) is 39.2 Å². The molecule has 5 heteroatoms. The van der Waals surface area contributed by atoms with E-state index in [4.69, 9.17) is 9.47 Å². The third kappa shape index (κ3) is 2.96. The van der Waals surface area contributed by atoms with Crippen LogP contribution in [0.15, 0.2) is 42.0 Å². The minimum absolute atomic E-state index is 0.0303. The highest BCUT2D eigenvalue weighted by atomic mass is 16.5. The van der Waals surface area contributed by atoms with Crippen LogP contribution < -0.4 is 5.32 Å². The molecule has 3 rings (SSSR count). The summed E-state index contributed by atoms with van der Waals surface area (Å²) in [4.78, 5) is 25.1. The number of rotatable bonds is 3. The Bertz CT molecular complexity index is 640. The summed E-state index contributed by atoms with van der Waals surface area (Å²) in [6, 6.07) is 9.81. The first kappa shape index (κ1) is 16.7. The Morgan fingerprint density at radius 1 is 1.04 bits per heavy atom. The molecule has 0 amide bonds. The SMILES string of the molecule is COC(=O)C1C2CCNCC2=CC(c2ccccc2)C1C(=O)OC. The molecule has 128 valence electrons. The van der Waals surface area contributed by atoms with Crippen LogP contribution in [0.2, 0.25) is 0 Å². The van der Waals surface area contributed by atoms with E-state index < -0.39 is 11.8 Å². The maximum Gasteiger partial charge on any atom is 0.310 e. The van der Waals surface area contributed by atoms with Crippen LogP contribution in [0.3, 0.4) is 0 Å². The van der Waals surface area contributed by atoms with Gasteiger partial charge in [0.15, 0.2) is 0 Å². The van der Waals surface area contributed by atoms with Crippen LogP contribution in [0, 0.1) is 17.8 Å². The number of hydrogen-bond acceptors (Lipinski definition) is 5. The lowest BCUT2D eigenvalue weighted by molar-refractivity contribution is -0.161. The van der Waals surface area contributed by atoms with Crippen molar-refractivity contribution in [3.63, 3.8) is 0 Å². The number of carbonyl (C=O) groups is 2. The Morgan fingerprint density at radius 2 is 1.71 bits per heavy atom. The Morgan fingerprint density at radius 3 is 2.38 bits per heavy atom. The molecule has 0 aromatic heterocycles. The van der Waals surface area contributed by atoms with Gasteiger partial charge in [0.05, 0.1) is 26.1 Å². The topological polar surface area (TPSA) is 64.6 Å². The van der Waals surface area contributed by atoms with Gasteiger partial charge in [-0.1, -0.05) is 42.0 Å². The summed E-state index contributed by atoms with van der Waals surface area (Å²) in [6.45, 7) is 1.58. The van der Waals surface area contributed by atoms with E-state index in [9.17, 15) is 9.59 Å².